The van der Waals surface area contributed by atoms with Gasteiger partial charge in [-0.3, -0.25) is 0 Å². The van der Waals surface area contributed by atoms with Crippen molar-refractivity contribution in [3.8, 4) is 0 Å². The van der Waals surface area contributed by atoms with Crippen LogP contribution in [0.15, 0.2) is 13.4 Å². The van der Waals surface area contributed by atoms with E-state index in [4.69, 9.17) is 0 Å². The van der Waals surface area contributed by atoms with Gasteiger partial charge >= 0.3 is 202 Å². The van der Waals surface area contributed by atoms with Gasteiger partial charge in [0.25, 0.3) is 0 Å². The van der Waals surface area contributed by atoms with Gasteiger partial charge in [0.15, 0.2) is 0 Å². The summed E-state index contributed by atoms with van der Waals surface area (Å²) < 4.78 is 16.5. The summed E-state index contributed by atoms with van der Waals surface area (Å²) >= 11 is 4.58. The monoisotopic (exact) mass is 1840 g/mol. The van der Waals surface area contributed by atoms with Gasteiger partial charge in [0, 0.05) is 0 Å². The molecule has 0 aromatic carbocycles. The molecular formula is C66H156N12Ta4-12. The van der Waals surface area contributed by atoms with Crippen molar-refractivity contribution in [2.24, 2.45) is 13.4 Å². The summed E-state index contributed by atoms with van der Waals surface area (Å²) in [6.07, 6.45) is 8.00. The molecule has 0 aromatic heterocycles. The molecule has 16 heteroatoms. The average Bonchev–Trinajstić information content (AvgIpc) is 3.31. The van der Waals surface area contributed by atoms with Gasteiger partial charge in [0.1, 0.15) is 0 Å². The van der Waals surface area contributed by atoms with Gasteiger partial charge in [-0.2, -0.15) is 109 Å². The molecule has 512 valence electrons. The Labute approximate surface area is 574 Å². The van der Waals surface area contributed by atoms with Crippen LogP contribution in [-0.2, 0) is 83.6 Å². The molecule has 0 spiro atoms. The Balaban J connectivity index is -0.0000000407. The topological polar surface area (TPSA) is 162 Å². The maximum atomic E-state index is 4.28. The smallest absolute Gasteiger partial charge is 0.0818 e. The van der Waals surface area contributed by atoms with Crippen molar-refractivity contribution in [3.63, 3.8) is 0 Å². The first-order chi connectivity index (χ1) is 37.1. The second kappa shape index (κ2) is 108. The van der Waals surface area contributed by atoms with E-state index in [0.29, 0.717) is 48.3 Å². The van der Waals surface area contributed by atoms with E-state index < -0.39 is 0 Å². The normalized spacial score (nSPS) is 9.66. The fourth-order valence-corrected chi connectivity index (χ4v) is 2.37. The second-order valence-corrected chi connectivity index (χ2v) is 26.5. The summed E-state index contributed by atoms with van der Waals surface area (Å²) in [6, 6.07) is 4.06. The molecule has 12 nitrogen and oxygen atoms in total. The molecule has 0 saturated heterocycles. The van der Waals surface area contributed by atoms with Crippen LogP contribution in [0.1, 0.15) is 291 Å². The first kappa shape index (κ1) is 125. The third-order valence-electron chi connectivity index (χ3n) is 5.42. The molecule has 82 heavy (non-hydrogen) atoms. The van der Waals surface area contributed by atoms with E-state index in [1.165, 1.54) is 0 Å². The Morgan fingerprint density at radius 2 is 0.390 bits per heavy atom. The standard InChI is InChI=1S/2C6H14N.2C5H12N.2C4H10N.4C4H9N.2C4H10N.4C3H7.4Ta/c2*1-5(2)7-6(3)4;2*1-4-6-5(2)3;2*1-4(2)5-3;4*1-4(2,3)5;2*1-3-5-4-2;4*1-3-2;;;;/h2*5-6H,1-4H3;2*5H,4H2,1-3H3;2*4H,1-3H3;4*1-3H3;2*3-4H2,1-2H3;4*3H,1-2H3;;;;/q6*-1;;;;;6*-1;;;;. The zero-order chi connectivity index (χ0) is 70.2. The van der Waals surface area contributed by atoms with Crippen molar-refractivity contribution in [2.75, 3.05) is 53.4 Å². The third-order valence-corrected chi connectivity index (χ3v) is 14.0. The van der Waals surface area contributed by atoms with E-state index in [-0.39, 0.29) is 22.2 Å². The molecule has 0 aliphatic heterocycles. The molecule has 0 fully saturated rings. The van der Waals surface area contributed by atoms with E-state index in [2.05, 4.69) is 264 Å². The van der Waals surface area contributed by atoms with Gasteiger partial charge in [0.2, 0.25) is 0 Å². The fraction of sp³-hybridized carbons (Fsp3) is 0.939. The molecule has 0 rings (SSSR count). The molecule has 0 aliphatic carbocycles. The molecule has 0 atom stereocenters. The maximum absolute atomic E-state index is 4.28. The van der Waals surface area contributed by atoms with E-state index in [1.807, 2.05) is 123 Å². The summed E-state index contributed by atoms with van der Waals surface area (Å²) in [7, 11) is 3.65. The Morgan fingerprint density at radius 3 is 0.390 bits per heavy atom. The first-order valence-corrected chi connectivity index (χ1v) is 36.4. The van der Waals surface area contributed by atoms with Crippen LogP contribution >= 0.6 is 0 Å². The van der Waals surface area contributed by atoms with Crippen molar-refractivity contribution >= 4 is 0 Å². The third kappa shape index (κ3) is 416. The van der Waals surface area contributed by atoms with Crippen LogP contribution in [0, 0.1) is 25.7 Å². The van der Waals surface area contributed by atoms with Crippen molar-refractivity contribution in [3.05, 3.63) is 68.2 Å². The van der Waals surface area contributed by atoms with Crippen molar-refractivity contribution in [1.29, 1.82) is 0 Å². The van der Waals surface area contributed by atoms with Crippen molar-refractivity contribution in [2.45, 2.75) is 361 Å². The minimum Gasteiger partial charge on any atom is -0.663 e. The van der Waals surface area contributed by atoms with Gasteiger partial charge in [-0.05, 0) is 0 Å². The summed E-state index contributed by atoms with van der Waals surface area (Å²) in [4.78, 5) is 0. The molecule has 0 aromatic rings. The number of hydrogen-bond acceptors (Lipinski definition) is 4. The van der Waals surface area contributed by atoms with E-state index >= 15 is 0 Å². The van der Waals surface area contributed by atoms with Crippen LogP contribution in [0.4, 0.5) is 0 Å². The van der Waals surface area contributed by atoms with Crippen LogP contribution < -0.4 is 0 Å². The zero-order valence-corrected chi connectivity index (χ0v) is 77.2. The largest absolute Gasteiger partial charge is 0.663 e. The summed E-state index contributed by atoms with van der Waals surface area (Å²) in [5.41, 5.74) is 0.864. The molecule has 0 N–H and O–H groups in total. The Kier molecular flexibility index (Phi) is 164. The molecule has 0 bridgehead atoms. The first-order valence-electron chi connectivity index (χ1n) is 30.7. The Hall–Kier alpha value is 1.84. The summed E-state index contributed by atoms with van der Waals surface area (Å²) in [6.45, 7) is 92.7. The van der Waals surface area contributed by atoms with Crippen LogP contribution in [0.25, 0.3) is 42.5 Å². The maximum Gasteiger partial charge on any atom is -0.0818 e. The molecule has 0 radical (unpaired) electrons. The van der Waals surface area contributed by atoms with Gasteiger partial charge in [-0.25, -0.2) is 0 Å². The molecule has 0 saturated carbocycles. The van der Waals surface area contributed by atoms with Crippen LogP contribution in [-0.4, -0.2) is 124 Å². The number of nitrogens with zero attached hydrogens (tertiary/aromatic N) is 12. The fourth-order valence-electron chi connectivity index (χ4n) is 2.37. The second-order valence-electron chi connectivity index (χ2n) is 23.7. The molecular weight excluding hydrogens is 1680 g/mol. The SMILES string of the molecule is CC(C)(C)[N]=[Ta].CC(C)(C)[N]=[Ta].CC(C)(C)[N]=[Ta].CC(C)(C)[N]=[Ta].CC(C)[N-]C(C)C.CC(C)[N-]C(C)C.CC[N-]C(C)C.CC[N-]C(C)C.CC[N-]CC.CC[N-]CC.C[CH-]C.C[CH-]C.C[CH-]C.C[CH-]C.C[N-]C(C)C.C[N-]C(C)C. The van der Waals surface area contributed by atoms with Crippen molar-refractivity contribution < 1.29 is 83.6 Å². The van der Waals surface area contributed by atoms with E-state index in [0.717, 1.165) is 123 Å². The summed E-state index contributed by atoms with van der Waals surface area (Å²) in [5.74, 6) is 0. The van der Waals surface area contributed by atoms with Gasteiger partial charge < -0.3 is 68.2 Å². The molecule has 0 amide bonds. The van der Waals surface area contributed by atoms with Gasteiger partial charge in [0.05, 0.1) is 0 Å². The van der Waals surface area contributed by atoms with Gasteiger partial charge in [-0.15, -0.1) is 48.3 Å². The molecule has 0 heterocycles. The van der Waals surface area contributed by atoms with Crippen LogP contribution in [0.5, 0.6) is 0 Å². The quantitative estimate of drug-likeness (QED) is 0.152. The van der Waals surface area contributed by atoms with E-state index in [9.17, 15) is 0 Å². The van der Waals surface area contributed by atoms with Crippen LogP contribution in [0.3, 0.4) is 0 Å². The predicted octanol–water partition coefficient (Wildman–Crippen LogP) is 24.5. The summed E-state index contributed by atoms with van der Waals surface area (Å²) in [5, 5.41) is 32.5. The minimum atomic E-state index is 0.216. The van der Waals surface area contributed by atoms with E-state index in [1.54, 1.807) is 0 Å². The van der Waals surface area contributed by atoms with Gasteiger partial charge in [-0.1, -0.05) is 152 Å². The number of hydrogen-bond donors (Lipinski definition) is 0. The minimum absolute atomic E-state index is 0.216. The Morgan fingerprint density at radius 1 is 0.280 bits per heavy atom. The molecule has 0 aliphatic rings. The van der Waals surface area contributed by atoms with Crippen molar-refractivity contribution in [1.82, 2.24) is 0 Å². The zero-order valence-electron chi connectivity index (χ0n) is 64.3. The van der Waals surface area contributed by atoms with Crippen LogP contribution in [0.2, 0.25) is 0 Å². The number of rotatable bonds is 14. The molecule has 0 unspecified atom stereocenters. The predicted molar refractivity (Wildman–Crippen MR) is 374 cm³/mol. The Bertz CT molecular complexity index is 856. The average molecular weight is 1840 g/mol.